The minimum Gasteiger partial charge on any atom is -0.438 e. The van der Waals surface area contributed by atoms with Gasteiger partial charge in [0.25, 0.3) is 0 Å². The molecule has 27 heavy (non-hydrogen) atoms. The van der Waals surface area contributed by atoms with Crippen molar-refractivity contribution in [1.29, 1.82) is 0 Å². The molecule has 5 nitrogen and oxygen atoms in total. The monoisotopic (exact) mass is 356 g/mol. The second-order valence-corrected chi connectivity index (χ2v) is 6.08. The van der Waals surface area contributed by atoms with E-state index in [4.69, 9.17) is 4.42 Å². The summed E-state index contributed by atoms with van der Waals surface area (Å²) in [5.74, 6) is 0.436. The predicted molar refractivity (Wildman–Crippen MR) is 100 cm³/mol. The van der Waals surface area contributed by atoms with E-state index < -0.39 is 0 Å². The van der Waals surface area contributed by atoms with Crippen LogP contribution in [0.5, 0.6) is 0 Å². The quantitative estimate of drug-likeness (QED) is 0.489. The number of rotatable bonds is 3. The van der Waals surface area contributed by atoms with Crippen molar-refractivity contribution in [2.75, 3.05) is 0 Å². The van der Waals surface area contributed by atoms with Crippen LogP contribution in [0.25, 0.3) is 44.9 Å². The van der Waals surface area contributed by atoms with E-state index in [-0.39, 0.29) is 5.82 Å². The van der Waals surface area contributed by atoms with E-state index in [0.717, 1.165) is 33.5 Å². The normalized spacial score (nSPS) is 11.1. The third kappa shape index (κ3) is 2.67. The number of H-pyrrole nitrogens is 1. The first kappa shape index (κ1) is 15.5. The van der Waals surface area contributed by atoms with Crippen molar-refractivity contribution in [1.82, 2.24) is 20.2 Å². The van der Waals surface area contributed by atoms with Gasteiger partial charge in [0.05, 0.1) is 23.0 Å². The number of hydrogen-bond donors (Lipinski definition) is 1. The van der Waals surface area contributed by atoms with E-state index in [1.165, 1.54) is 18.5 Å². The molecular weight excluding hydrogens is 343 g/mol. The van der Waals surface area contributed by atoms with Crippen LogP contribution >= 0.6 is 0 Å². The van der Waals surface area contributed by atoms with Crippen LogP contribution in [0.1, 0.15) is 0 Å². The van der Waals surface area contributed by atoms with Crippen LogP contribution in [0, 0.1) is 5.82 Å². The molecule has 0 spiro atoms. The van der Waals surface area contributed by atoms with Gasteiger partial charge >= 0.3 is 0 Å². The van der Waals surface area contributed by atoms with Gasteiger partial charge in [0.15, 0.2) is 0 Å². The predicted octanol–water partition coefficient (Wildman–Crippen LogP) is 5.09. The van der Waals surface area contributed by atoms with Crippen LogP contribution < -0.4 is 0 Å². The Bertz CT molecular complexity index is 1230. The molecule has 0 unspecified atom stereocenters. The summed E-state index contributed by atoms with van der Waals surface area (Å²) in [5, 5.41) is 7.93. The number of aromatic amines is 1. The SMILES string of the molecule is Fc1ccc(-c2[nH]ncc2-c2ncnc3oc(-c4ccccc4)cc23)cc1. The van der Waals surface area contributed by atoms with E-state index in [2.05, 4.69) is 20.2 Å². The van der Waals surface area contributed by atoms with Gasteiger partial charge in [-0.1, -0.05) is 30.3 Å². The molecule has 0 atom stereocenters. The minimum atomic E-state index is -0.286. The molecule has 0 radical (unpaired) electrons. The average Bonchev–Trinajstić information content (AvgIpc) is 3.36. The average molecular weight is 356 g/mol. The molecule has 0 amide bonds. The molecular formula is C21H13FN4O. The lowest BCUT2D eigenvalue weighted by atomic mass is 10.0. The number of benzene rings is 2. The van der Waals surface area contributed by atoms with Gasteiger partial charge in [-0.05, 0) is 30.3 Å². The molecule has 0 saturated carbocycles. The second kappa shape index (κ2) is 6.17. The maximum atomic E-state index is 13.3. The Morgan fingerprint density at radius 2 is 1.70 bits per heavy atom. The molecule has 0 fully saturated rings. The van der Waals surface area contributed by atoms with Gasteiger partial charge in [-0.15, -0.1) is 0 Å². The van der Waals surface area contributed by atoms with Crippen molar-refractivity contribution in [3.63, 3.8) is 0 Å². The number of furan rings is 1. The standard InChI is InChI=1S/C21H13FN4O/c22-15-8-6-14(7-9-15)19-17(11-25-26-19)20-16-10-18(13-4-2-1-3-5-13)27-21(16)24-12-23-20/h1-12H,(H,25,26). The zero-order chi connectivity index (χ0) is 18.2. The van der Waals surface area contributed by atoms with Gasteiger partial charge in [-0.25, -0.2) is 14.4 Å². The Morgan fingerprint density at radius 3 is 2.52 bits per heavy atom. The Hall–Kier alpha value is -3.80. The fraction of sp³-hybridized carbons (Fsp3) is 0. The Morgan fingerprint density at radius 1 is 0.889 bits per heavy atom. The molecule has 0 saturated heterocycles. The molecule has 3 heterocycles. The van der Waals surface area contributed by atoms with Crippen molar-refractivity contribution in [2.45, 2.75) is 0 Å². The highest BCUT2D eigenvalue weighted by molar-refractivity contribution is 5.95. The molecule has 0 aliphatic rings. The number of aromatic nitrogens is 4. The lowest BCUT2D eigenvalue weighted by Gasteiger charge is -2.03. The Labute approximate surface area is 153 Å². The maximum absolute atomic E-state index is 13.3. The largest absolute Gasteiger partial charge is 0.438 e. The smallest absolute Gasteiger partial charge is 0.230 e. The lowest BCUT2D eigenvalue weighted by Crippen LogP contribution is -1.88. The first-order chi connectivity index (χ1) is 13.3. The van der Waals surface area contributed by atoms with Crippen LogP contribution in [0.2, 0.25) is 0 Å². The summed E-state index contributed by atoms with van der Waals surface area (Å²) in [6.45, 7) is 0. The number of nitrogens with zero attached hydrogens (tertiary/aromatic N) is 3. The van der Waals surface area contributed by atoms with Gasteiger partial charge in [-0.2, -0.15) is 5.10 Å². The van der Waals surface area contributed by atoms with Crippen molar-refractivity contribution >= 4 is 11.1 Å². The molecule has 2 aromatic carbocycles. The van der Waals surface area contributed by atoms with E-state index in [0.29, 0.717) is 11.4 Å². The molecule has 130 valence electrons. The Balaban J connectivity index is 1.68. The molecule has 5 rings (SSSR count). The third-order valence-electron chi connectivity index (χ3n) is 4.42. The number of halogens is 1. The summed E-state index contributed by atoms with van der Waals surface area (Å²) in [6.07, 6.45) is 3.17. The summed E-state index contributed by atoms with van der Waals surface area (Å²) in [7, 11) is 0. The van der Waals surface area contributed by atoms with Gasteiger partial charge in [-0.3, -0.25) is 5.10 Å². The van der Waals surface area contributed by atoms with Crippen molar-refractivity contribution in [3.05, 3.63) is 79.0 Å². The van der Waals surface area contributed by atoms with Gasteiger partial charge in [0.2, 0.25) is 5.71 Å². The van der Waals surface area contributed by atoms with Crippen molar-refractivity contribution in [2.24, 2.45) is 0 Å². The highest BCUT2D eigenvalue weighted by atomic mass is 19.1. The van der Waals surface area contributed by atoms with Crippen LogP contribution in [0.15, 0.2) is 77.6 Å². The van der Waals surface area contributed by atoms with Crippen LogP contribution in [0.3, 0.4) is 0 Å². The van der Waals surface area contributed by atoms with E-state index in [9.17, 15) is 4.39 Å². The molecule has 6 heteroatoms. The Kier molecular flexibility index (Phi) is 3.53. The molecule has 0 aliphatic heterocycles. The molecule has 1 N–H and O–H groups in total. The van der Waals surface area contributed by atoms with Crippen molar-refractivity contribution in [3.8, 4) is 33.8 Å². The second-order valence-electron chi connectivity index (χ2n) is 6.08. The maximum Gasteiger partial charge on any atom is 0.230 e. The fourth-order valence-corrected chi connectivity index (χ4v) is 3.12. The van der Waals surface area contributed by atoms with Crippen molar-refractivity contribution < 1.29 is 8.81 Å². The molecule has 3 aromatic heterocycles. The number of fused-ring (bicyclic) bond motifs is 1. The zero-order valence-corrected chi connectivity index (χ0v) is 14.1. The highest BCUT2D eigenvalue weighted by Crippen LogP contribution is 2.35. The van der Waals surface area contributed by atoms with E-state index in [1.54, 1.807) is 18.3 Å². The lowest BCUT2D eigenvalue weighted by molar-refractivity contribution is 0.617. The third-order valence-corrected chi connectivity index (χ3v) is 4.42. The van der Waals surface area contributed by atoms with Gasteiger partial charge < -0.3 is 4.42 Å². The number of nitrogens with one attached hydrogen (secondary N) is 1. The fourth-order valence-electron chi connectivity index (χ4n) is 3.12. The van der Waals surface area contributed by atoms with Crippen LogP contribution in [-0.2, 0) is 0 Å². The summed E-state index contributed by atoms with van der Waals surface area (Å²) < 4.78 is 19.2. The zero-order valence-electron chi connectivity index (χ0n) is 14.1. The first-order valence-corrected chi connectivity index (χ1v) is 8.39. The molecule has 0 bridgehead atoms. The van der Waals surface area contributed by atoms with Crippen LogP contribution in [0.4, 0.5) is 4.39 Å². The summed E-state index contributed by atoms with van der Waals surface area (Å²) in [4.78, 5) is 8.71. The summed E-state index contributed by atoms with van der Waals surface area (Å²) >= 11 is 0. The van der Waals surface area contributed by atoms with Crippen LogP contribution in [-0.4, -0.2) is 20.2 Å². The summed E-state index contributed by atoms with van der Waals surface area (Å²) in [6, 6.07) is 18.0. The highest BCUT2D eigenvalue weighted by Gasteiger charge is 2.17. The van der Waals surface area contributed by atoms with E-state index >= 15 is 0 Å². The topological polar surface area (TPSA) is 67.6 Å². The molecule has 5 aromatic rings. The summed E-state index contributed by atoms with van der Waals surface area (Å²) in [5.41, 5.74) is 4.56. The minimum absolute atomic E-state index is 0.286. The molecule has 0 aliphatic carbocycles. The number of hydrogen-bond acceptors (Lipinski definition) is 4. The first-order valence-electron chi connectivity index (χ1n) is 8.39. The van der Waals surface area contributed by atoms with E-state index in [1.807, 2.05) is 36.4 Å². The van der Waals surface area contributed by atoms with Gasteiger partial charge in [0.1, 0.15) is 17.9 Å². The van der Waals surface area contributed by atoms with Gasteiger partial charge in [0, 0.05) is 16.7 Å².